The zero-order valence-electron chi connectivity index (χ0n) is 15.1. The SMILES string of the molecule is CC(C)CSc1nc(O)c(C2NCCc3c2[nH]c2ccc(Cl)cc32)c(=O)[nH]1. The lowest BCUT2D eigenvalue weighted by Gasteiger charge is -2.24. The van der Waals surface area contributed by atoms with Crippen molar-refractivity contribution in [2.45, 2.75) is 31.5 Å². The molecule has 4 N–H and O–H groups in total. The van der Waals surface area contributed by atoms with Crippen LogP contribution in [0.3, 0.4) is 0 Å². The molecule has 1 aliphatic rings. The highest BCUT2D eigenvalue weighted by Crippen LogP contribution is 2.35. The van der Waals surface area contributed by atoms with Gasteiger partial charge in [-0.2, -0.15) is 4.98 Å². The monoisotopic (exact) mass is 404 g/mol. The topological polar surface area (TPSA) is 93.8 Å². The number of aromatic nitrogens is 3. The van der Waals surface area contributed by atoms with Crippen LogP contribution in [0.1, 0.15) is 36.7 Å². The highest BCUT2D eigenvalue weighted by molar-refractivity contribution is 7.99. The normalized spacial score (nSPS) is 16.8. The van der Waals surface area contributed by atoms with Gasteiger partial charge in [-0.3, -0.25) is 4.79 Å². The smallest absolute Gasteiger partial charge is 0.260 e. The Kier molecular flexibility index (Phi) is 4.92. The number of fused-ring (bicyclic) bond motifs is 3. The lowest BCUT2D eigenvalue weighted by molar-refractivity contribution is 0.421. The standard InChI is InChI=1S/C19H21ClN4O2S/c1-9(2)8-27-19-23-17(25)14(18(26)24-19)16-15-11(5-6-21-16)12-7-10(20)3-4-13(12)22-15/h3-4,7,9,16,21-22H,5-6,8H2,1-2H3,(H2,23,24,25,26). The van der Waals surface area contributed by atoms with Crippen molar-refractivity contribution in [2.75, 3.05) is 12.3 Å². The van der Waals surface area contributed by atoms with E-state index in [-0.39, 0.29) is 17.0 Å². The predicted octanol–water partition coefficient (Wildman–Crippen LogP) is 3.59. The molecular formula is C19H21ClN4O2S. The number of rotatable bonds is 4. The fourth-order valence-electron chi connectivity index (χ4n) is 3.47. The molecule has 8 heteroatoms. The van der Waals surface area contributed by atoms with Crippen molar-refractivity contribution in [1.29, 1.82) is 0 Å². The second kappa shape index (κ2) is 7.22. The lowest BCUT2D eigenvalue weighted by atomic mass is 9.95. The van der Waals surface area contributed by atoms with Gasteiger partial charge >= 0.3 is 0 Å². The Morgan fingerprint density at radius 2 is 2.19 bits per heavy atom. The summed E-state index contributed by atoms with van der Waals surface area (Å²) in [5.74, 6) is 1.05. The summed E-state index contributed by atoms with van der Waals surface area (Å²) in [6, 6.07) is 5.25. The van der Waals surface area contributed by atoms with Crippen molar-refractivity contribution in [2.24, 2.45) is 5.92 Å². The number of aromatic amines is 2. The zero-order valence-corrected chi connectivity index (χ0v) is 16.7. The maximum atomic E-state index is 12.7. The molecule has 1 aliphatic heterocycles. The number of hydrogen-bond acceptors (Lipinski definition) is 5. The van der Waals surface area contributed by atoms with E-state index in [1.54, 1.807) is 0 Å². The van der Waals surface area contributed by atoms with Gasteiger partial charge in [-0.1, -0.05) is 37.2 Å². The molecule has 3 aromatic rings. The van der Waals surface area contributed by atoms with E-state index in [9.17, 15) is 9.90 Å². The number of H-pyrrole nitrogens is 2. The Balaban J connectivity index is 1.77. The van der Waals surface area contributed by atoms with Crippen LogP contribution in [-0.2, 0) is 6.42 Å². The van der Waals surface area contributed by atoms with E-state index >= 15 is 0 Å². The zero-order chi connectivity index (χ0) is 19.1. The van der Waals surface area contributed by atoms with Gasteiger partial charge in [0.05, 0.1) is 6.04 Å². The largest absolute Gasteiger partial charge is 0.493 e. The first-order valence-corrected chi connectivity index (χ1v) is 10.3. The van der Waals surface area contributed by atoms with Crippen LogP contribution in [-0.4, -0.2) is 32.4 Å². The fraction of sp³-hybridized carbons (Fsp3) is 0.368. The van der Waals surface area contributed by atoms with Gasteiger partial charge < -0.3 is 20.4 Å². The molecule has 1 atom stereocenters. The summed E-state index contributed by atoms with van der Waals surface area (Å²) < 4.78 is 0. The molecule has 1 aromatic carbocycles. The molecule has 27 heavy (non-hydrogen) atoms. The Hall–Kier alpha value is -1.96. The molecule has 6 nitrogen and oxygen atoms in total. The Labute approximate surface area is 165 Å². The van der Waals surface area contributed by atoms with Gasteiger partial charge in [0, 0.05) is 33.9 Å². The van der Waals surface area contributed by atoms with Crippen LogP contribution in [0, 0.1) is 5.92 Å². The van der Waals surface area contributed by atoms with Crippen LogP contribution in [0.2, 0.25) is 5.02 Å². The van der Waals surface area contributed by atoms with E-state index in [2.05, 4.69) is 34.1 Å². The van der Waals surface area contributed by atoms with Gasteiger partial charge in [-0.15, -0.1) is 0 Å². The third-order valence-electron chi connectivity index (χ3n) is 4.67. The van der Waals surface area contributed by atoms with Crippen LogP contribution < -0.4 is 10.9 Å². The molecular weight excluding hydrogens is 384 g/mol. The number of thioether (sulfide) groups is 1. The molecule has 0 fully saturated rings. The van der Waals surface area contributed by atoms with Crippen molar-refractivity contribution in [1.82, 2.24) is 20.3 Å². The highest BCUT2D eigenvalue weighted by atomic mass is 35.5. The Morgan fingerprint density at radius 1 is 1.37 bits per heavy atom. The summed E-state index contributed by atoms with van der Waals surface area (Å²) in [5.41, 5.74) is 2.88. The summed E-state index contributed by atoms with van der Waals surface area (Å²) >= 11 is 7.59. The Bertz CT molecular complexity index is 1060. The molecule has 0 amide bonds. The van der Waals surface area contributed by atoms with Crippen molar-refractivity contribution in [3.05, 3.63) is 50.4 Å². The lowest BCUT2D eigenvalue weighted by Crippen LogP contribution is -2.34. The van der Waals surface area contributed by atoms with E-state index in [1.807, 2.05) is 18.2 Å². The predicted molar refractivity (Wildman–Crippen MR) is 109 cm³/mol. The minimum Gasteiger partial charge on any atom is -0.493 e. The number of nitrogens with one attached hydrogen (secondary N) is 3. The number of benzene rings is 1. The quantitative estimate of drug-likeness (QED) is 0.394. The van der Waals surface area contributed by atoms with Crippen LogP contribution in [0.15, 0.2) is 28.2 Å². The summed E-state index contributed by atoms with van der Waals surface area (Å²) in [7, 11) is 0. The first kappa shape index (κ1) is 18.4. The first-order chi connectivity index (χ1) is 12.9. The molecule has 3 heterocycles. The molecule has 0 spiro atoms. The van der Waals surface area contributed by atoms with Gasteiger partial charge in [0.15, 0.2) is 5.16 Å². The van der Waals surface area contributed by atoms with E-state index in [0.29, 0.717) is 22.6 Å². The summed E-state index contributed by atoms with van der Waals surface area (Å²) in [4.78, 5) is 23.1. The minimum atomic E-state index is -0.444. The van der Waals surface area contributed by atoms with Crippen LogP contribution in [0.25, 0.3) is 10.9 Å². The van der Waals surface area contributed by atoms with Gasteiger partial charge in [-0.05, 0) is 36.1 Å². The number of hydrogen-bond donors (Lipinski definition) is 4. The molecule has 0 radical (unpaired) electrons. The fourth-order valence-corrected chi connectivity index (χ4v) is 4.45. The maximum absolute atomic E-state index is 12.7. The summed E-state index contributed by atoms with van der Waals surface area (Å²) in [5, 5.41) is 16.0. The first-order valence-electron chi connectivity index (χ1n) is 8.93. The van der Waals surface area contributed by atoms with E-state index in [4.69, 9.17) is 11.6 Å². The number of nitrogens with zero attached hydrogens (tertiary/aromatic N) is 1. The van der Waals surface area contributed by atoms with Crippen molar-refractivity contribution in [3.8, 4) is 5.88 Å². The molecule has 0 bridgehead atoms. The van der Waals surface area contributed by atoms with Gasteiger partial charge in [0.25, 0.3) is 5.56 Å². The minimum absolute atomic E-state index is 0.230. The second-order valence-electron chi connectivity index (χ2n) is 7.16. The third-order valence-corrected chi connectivity index (χ3v) is 6.20. The molecule has 1 unspecified atom stereocenters. The van der Waals surface area contributed by atoms with Gasteiger partial charge in [-0.25, -0.2) is 0 Å². The third kappa shape index (κ3) is 3.47. The average molecular weight is 405 g/mol. The second-order valence-corrected chi connectivity index (χ2v) is 8.60. The van der Waals surface area contributed by atoms with Crippen LogP contribution in [0.5, 0.6) is 5.88 Å². The van der Waals surface area contributed by atoms with Crippen LogP contribution >= 0.6 is 23.4 Å². The van der Waals surface area contributed by atoms with Crippen molar-refractivity contribution in [3.63, 3.8) is 0 Å². The average Bonchev–Trinajstić information content (AvgIpc) is 2.98. The molecule has 142 valence electrons. The summed E-state index contributed by atoms with van der Waals surface area (Å²) in [6.45, 7) is 4.88. The number of aromatic hydroxyl groups is 1. The van der Waals surface area contributed by atoms with Gasteiger partial charge in [0.1, 0.15) is 5.56 Å². The van der Waals surface area contributed by atoms with Crippen molar-refractivity contribution < 1.29 is 5.11 Å². The van der Waals surface area contributed by atoms with Crippen LogP contribution in [0.4, 0.5) is 0 Å². The van der Waals surface area contributed by atoms with E-state index in [1.165, 1.54) is 11.8 Å². The molecule has 4 rings (SSSR count). The number of halogens is 1. The summed E-state index contributed by atoms with van der Waals surface area (Å²) in [6.07, 6.45) is 0.820. The molecule has 0 aliphatic carbocycles. The van der Waals surface area contributed by atoms with Crippen molar-refractivity contribution >= 4 is 34.3 Å². The van der Waals surface area contributed by atoms with E-state index in [0.717, 1.165) is 34.3 Å². The molecule has 0 saturated carbocycles. The van der Waals surface area contributed by atoms with Gasteiger partial charge in [0.2, 0.25) is 5.88 Å². The van der Waals surface area contributed by atoms with E-state index < -0.39 is 6.04 Å². The molecule has 2 aromatic heterocycles. The highest BCUT2D eigenvalue weighted by Gasteiger charge is 2.30. The Morgan fingerprint density at radius 3 is 2.93 bits per heavy atom. The maximum Gasteiger partial charge on any atom is 0.260 e. The molecule has 0 saturated heterocycles.